The molecule has 0 saturated heterocycles. The number of nitrogens with one attached hydrogen (secondary N) is 1. The number of anilines is 2. The van der Waals surface area contributed by atoms with Gasteiger partial charge in [0.2, 0.25) is 0 Å². The number of para-hydroxylation sites is 1. The number of nitrogens with zero attached hydrogens (tertiary/aromatic N) is 2. The molecule has 0 bridgehead atoms. The standard InChI is InChI=1S/C16H21N3S/c1-12(2)9-17-10-14-11-18-16(20-14)19-8-7-13-5-3-4-6-15(13)19/h3-6,11-12,17H,7-10H2,1-2H3. The summed E-state index contributed by atoms with van der Waals surface area (Å²) in [6.45, 7) is 7.48. The number of hydrogen-bond donors (Lipinski definition) is 1. The van der Waals surface area contributed by atoms with Crippen molar-refractivity contribution in [1.82, 2.24) is 10.3 Å². The number of benzene rings is 1. The molecule has 20 heavy (non-hydrogen) atoms. The summed E-state index contributed by atoms with van der Waals surface area (Å²) in [6.07, 6.45) is 3.13. The van der Waals surface area contributed by atoms with E-state index < -0.39 is 0 Å². The number of fused-ring (bicyclic) bond motifs is 1. The quantitative estimate of drug-likeness (QED) is 0.911. The first kappa shape index (κ1) is 13.6. The van der Waals surface area contributed by atoms with Gasteiger partial charge in [0.1, 0.15) is 0 Å². The van der Waals surface area contributed by atoms with Crippen LogP contribution in [0, 0.1) is 5.92 Å². The molecular weight excluding hydrogens is 266 g/mol. The van der Waals surface area contributed by atoms with E-state index in [1.807, 2.05) is 6.20 Å². The van der Waals surface area contributed by atoms with Crippen LogP contribution in [-0.2, 0) is 13.0 Å². The molecule has 1 aromatic carbocycles. The van der Waals surface area contributed by atoms with E-state index in [4.69, 9.17) is 0 Å². The molecule has 106 valence electrons. The third-order valence-electron chi connectivity index (χ3n) is 3.51. The summed E-state index contributed by atoms with van der Waals surface area (Å²) in [7, 11) is 0. The monoisotopic (exact) mass is 287 g/mol. The van der Waals surface area contributed by atoms with Crippen LogP contribution in [0.1, 0.15) is 24.3 Å². The highest BCUT2D eigenvalue weighted by Crippen LogP contribution is 2.36. The molecule has 1 N–H and O–H groups in total. The third-order valence-corrected chi connectivity index (χ3v) is 4.53. The number of aromatic nitrogens is 1. The first-order chi connectivity index (χ1) is 9.74. The zero-order valence-corrected chi connectivity index (χ0v) is 12.9. The molecule has 0 fully saturated rings. The van der Waals surface area contributed by atoms with E-state index in [1.165, 1.54) is 16.1 Å². The summed E-state index contributed by atoms with van der Waals surface area (Å²) in [5, 5.41) is 4.60. The molecule has 4 heteroatoms. The van der Waals surface area contributed by atoms with Gasteiger partial charge in [-0.2, -0.15) is 0 Å². The Morgan fingerprint density at radius 1 is 1.35 bits per heavy atom. The van der Waals surface area contributed by atoms with Gasteiger partial charge >= 0.3 is 0 Å². The van der Waals surface area contributed by atoms with Gasteiger partial charge in [0.15, 0.2) is 5.13 Å². The van der Waals surface area contributed by atoms with Crippen LogP contribution in [0.15, 0.2) is 30.5 Å². The molecule has 1 aromatic heterocycles. The van der Waals surface area contributed by atoms with E-state index in [-0.39, 0.29) is 0 Å². The second kappa shape index (κ2) is 5.94. The van der Waals surface area contributed by atoms with Crippen LogP contribution in [-0.4, -0.2) is 18.1 Å². The van der Waals surface area contributed by atoms with Crippen molar-refractivity contribution in [2.75, 3.05) is 18.0 Å². The fourth-order valence-electron chi connectivity index (χ4n) is 2.52. The van der Waals surface area contributed by atoms with Gasteiger partial charge in [-0.05, 0) is 30.5 Å². The van der Waals surface area contributed by atoms with Crippen molar-refractivity contribution < 1.29 is 0 Å². The van der Waals surface area contributed by atoms with E-state index >= 15 is 0 Å². The van der Waals surface area contributed by atoms with Crippen LogP contribution in [0.3, 0.4) is 0 Å². The minimum absolute atomic E-state index is 0.688. The molecule has 0 aliphatic carbocycles. The predicted molar refractivity (Wildman–Crippen MR) is 85.8 cm³/mol. The van der Waals surface area contributed by atoms with Crippen molar-refractivity contribution in [3.05, 3.63) is 40.9 Å². The van der Waals surface area contributed by atoms with E-state index in [0.29, 0.717) is 5.92 Å². The van der Waals surface area contributed by atoms with Crippen molar-refractivity contribution in [1.29, 1.82) is 0 Å². The van der Waals surface area contributed by atoms with Gasteiger partial charge in [0, 0.05) is 29.9 Å². The molecule has 3 rings (SSSR count). The van der Waals surface area contributed by atoms with Crippen LogP contribution < -0.4 is 10.2 Å². The molecule has 2 heterocycles. The summed E-state index contributed by atoms with van der Waals surface area (Å²) >= 11 is 1.80. The van der Waals surface area contributed by atoms with E-state index in [2.05, 4.69) is 53.3 Å². The Labute approximate surface area is 124 Å². The van der Waals surface area contributed by atoms with Gasteiger partial charge in [-0.25, -0.2) is 4.98 Å². The number of thiazole rings is 1. The number of hydrogen-bond acceptors (Lipinski definition) is 4. The maximum absolute atomic E-state index is 4.60. The lowest BCUT2D eigenvalue weighted by molar-refractivity contribution is 0.554. The first-order valence-electron chi connectivity index (χ1n) is 7.25. The topological polar surface area (TPSA) is 28.2 Å². The Hall–Kier alpha value is -1.39. The second-order valence-electron chi connectivity index (χ2n) is 5.66. The summed E-state index contributed by atoms with van der Waals surface area (Å²) in [6, 6.07) is 8.63. The van der Waals surface area contributed by atoms with Gasteiger partial charge in [-0.3, -0.25) is 0 Å². The minimum Gasteiger partial charge on any atom is -0.317 e. The molecule has 1 aliphatic rings. The fraction of sp³-hybridized carbons (Fsp3) is 0.438. The molecule has 0 unspecified atom stereocenters. The first-order valence-corrected chi connectivity index (χ1v) is 8.06. The highest BCUT2D eigenvalue weighted by Gasteiger charge is 2.21. The molecule has 0 amide bonds. The maximum atomic E-state index is 4.60. The average molecular weight is 287 g/mol. The largest absolute Gasteiger partial charge is 0.317 e. The molecule has 0 spiro atoms. The molecule has 0 saturated carbocycles. The van der Waals surface area contributed by atoms with Gasteiger partial charge in [-0.1, -0.05) is 32.0 Å². The SMILES string of the molecule is CC(C)CNCc1cnc(N2CCc3ccccc32)s1. The van der Waals surface area contributed by atoms with Crippen molar-refractivity contribution >= 4 is 22.2 Å². The van der Waals surface area contributed by atoms with Crippen molar-refractivity contribution in [3.63, 3.8) is 0 Å². The van der Waals surface area contributed by atoms with E-state index in [0.717, 1.165) is 31.2 Å². The predicted octanol–water partition coefficient (Wildman–Crippen LogP) is 3.58. The van der Waals surface area contributed by atoms with Crippen molar-refractivity contribution in [2.24, 2.45) is 5.92 Å². The van der Waals surface area contributed by atoms with Crippen LogP contribution in [0.5, 0.6) is 0 Å². The Morgan fingerprint density at radius 2 is 2.20 bits per heavy atom. The smallest absolute Gasteiger partial charge is 0.190 e. The molecule has 0 radical (unpaired) electrons. The minimum atomic E-state index is 0.688. The Balaban J connectivity index is 1.69. The van der Waals surface area contributed by atoms with Crippen LogP contribution in [0.2, 0.25) is 0 Å². The summed E-state index contributed by atoms with van der Waals surface area (Å²) in [4.78, 5) is 8.25. The Kier molecular flexibility index (Phi) is 4.03. The second-order valence-corrected chi connectivity index (χ2v) is 6.76. The lowest BCUT2D eigenvalue weighted by Gasteiger charge is -2.15. The zero-order chi connectivity index (χ0) is 13.9. The van der Waals surface area contributed by atoms with Crippen LogP contribution in [0.4, 0.5) is 10.8 Å². The lowest BCUT2D eigenvalue weighted by Crippen LogP contribution is -2.18. The molecule has 1 aliphatic heterocycles. The zero-order valence-electron chi connectivity index (χ0n) is 12.1. The van der Waals surface area contributed by atoms with E-state index in [1.54, 1.807) is 11.3 Å². The molecule has 2 aromatic rings. The summed E-state index contributed by atoms with van der Waals surface area (Å²) in [5.74, 6) is 0.688. The van der Waals surface area contributed by atoms with Gasteiger partial charge in [-0.15, -0.1) is 11.3 Å². The van der Waals surface area contributed by atoms with Gasteiger partial charge in [0.25, 0.3) is 0 Å². The summed E-state index contributed by atoms with van der Waals surface area (Å²) in [5.41, 5.74) is 2.76. The molecular formula is C16H21N3S. The van der Waals surface area contributed by atoms with E-state index in [9.17, 15) is 0 Å². The Bertz CT molecular complexity index is 577. The van der Waals surface area contributed by atoms with Gasteiger partial charge in [0.05, 0.1) is 0 Å². The highest BCUT2D eigenvalue weighted by atomic mass is 32.1. The molecule has 0 atom stereocenters. The lowest BCUT2D eigenvalue weighted by atomic mass is 10.2. The van der Waals surface area contributed by atoms with Crippen molar-refractivity contribution in [2.45, 2.75) is 26.8 Å². The number of rotatable bonds is 5. The van der Waals surface area contributed by atoms with Crippen LogP contribution in [0.25, 0.3) is 0 Å². The van der Waals surface area contributed by atoms with Crippen molar-refractivity contribution in [3.8, 4) is 0 Å². The average Bonchev–Trinajstić information content (AvgIpc) is 3.04. The van der Waals surface area contributed by atoms with Gasteiger partial charge < -0.3 is 10.2 Å². The normalized spacial score (nSPS) is 14.1. The highest BCUT2D eigenvalue weighted by molar-refractivity contribution is 7.15. The molecule has 3 nitrogen and oxygen atoms in total. The maximum Gasteiger partial charge on any atom is 0.190 e. The Morgan fingerprint density at radius 3 is 3.05 bits per heavy atom. The van der Waals surface area contributed by atoms with Crippen LogP contribution >= 0.6 is 11.3 Å². The fourth-order valence-corrected chi connectivity index (χ4v) is 3.44. The summed E-state index contributed by atoms with van der Waals surface area (Å²) < 4.78 is 0. The third kappa shape index (κ3) is 2.86.